The quantitative estimate of drug-likeness (QED) is 0.663. The van der Waals surface area contributed by atoms with E-state index in [-0.39, 0.29) is 6.10 Å². The van der Waals surface area contributed by atoms with Crippen molar-refractivity contribution in [2.24, 2.45) is 0 Å². The summed E-state index contributed by atoms with van der Waals surface area (Å²) in [5.41, 5.74) is 3.56. The van der Waals surface area contributed by atoms with Crippen LogP contribution >= 0.6 is 0 Å². The molecule has 146 valence electrons. The maximum absolute atomic E-state index is 6.30. The molecular formula is C23H28N4O. The van der Waals surface area contributed by atoms with Crippen molar-refractivity contribution in [3.63, 3.8) is 0 Å². The first-order valence-electron chi connectivity index (χ1n) is 10.0. The molecule has 1 aromatic heterocycles. The zero-order valence-electron chi connectivity index (χ0n) is 16.9. The number of hydrogen-bond donors (Lipinski definition) is 0. The number of nitrogens with zero attached hydrogens (tertiary/aromatic N) is 4. The van der Waals surface area contributed by atoms with Crippen molar-refractivity contribution in [1.29, 1.82) is 0 Å². The molecule has 0 saturated carbocycles. The molecule has 28 heavy (non-hydrogen) atoms. The number of benzene rings is 2. The van der Waals surface area contributed by atoms with Crippen molar-refractivity contribution < 1.29 is 4.74 Å². The van der Waals surface area contributed by atoms with Crippen molar-refractivity contribution in [2.45, 2.75) is 46.4 Å². The van der Waals surface area contributed by atoms with Crippen LogP contribution in [0.25, 0.3) is 11.4 Å². The summed E-state index contributed by atoms with van der Waals surface area (Å²) in [5.74, 6) is 2.77. The van der Waals surface area contributed by atoms with Gasteiger partial charge in [-0.3, -0.25) is 4.90 Å². The molecule has 3 aromatic rings. The minimum Gasteiger partial charge on any atom is -0.490 e. The second-order valence-corrected chi connectivity index (χ2v) is 7.69. The molecule has 1 aliphatic rings. The minimum atomic E-state index is 0.280. The summed E-state index contributed by atoms with van der Waals surface area (Å²) in [7, 11) is 0. The highest BCUT2D eigenvalue weighted by atomic mass is 16.5. The third-order valence-electron chi connectivity index (χ3n) is 5.32. The molecule has 1 fully saturated rings. The zero-order valence-corrected chi connectivity index (χ0v) is 16.9. The van der Waals surface area contributed by atoms with Crippen LogP contribution in [-0.4, -0.2) is 38.9 Å². The van der Waals surface area contributed by atoms with Gasteiger partial charge in [0, 0.05) is 18.7 Å². The molecule has 2 heterocycles. The van der Waals surface area contributed by atoms with Crippen LogP contribution in [0, 0.1) is 20.8 Å². The standard InChI is InChI=1S/C23H28N4O/c1-17-9-10-18(2)22(15-17)28-21-11-13-26(14-12-21)16-27-23(24-19(3)25-27)20-7-5-4-6-8-20/h4-10,15,21H,11-14,16H2,1-3H3. The molecule has 0 spiro atoms. The Hall–Kier alpha value is -2.66. The van der Waals surface area contributed by atoms with Crippen LogP contribution in [0.3, 0.4) is 0 Å². The molecule has 2 aromatic carbocycles. The maximum atomic E-state index is 6.30. The van der Waals surface area contributed by atoms with E-state index in [1.807, 2.05) is 29.8 Å². The van der Waals surface area contributed by atoms with Gasteiger partial charge >= 0.3 is 0 Å². The Labute approximate surface area is 167 Å². The number of likely N-dealkylation sites (tertiary alicyclic amines) is 1. The molecule has 0 bridgehead atoms. The molecule has 0 radical (unpaired) electrons. The lowest BCUT2D eigenvalue weighted by atomic mass is 10.1. The molecule has 5 nitrogen and oxygen atoms in total. The van der Waals surface area contributed by atoms with Crippen LogP contribution in [0.15, 0.2) is 48.5 Å². The predicted octanol–water partition coefficient (Wildman–Crippen LogP) is 4.37. The number of aryl methyl sites for hydroxylation is 3. The number of rotatable bonds is 5. The first-order chi connectivity index (χ1) is 13.6. The average Bonchev–Trinajstić information content (AvgIpc) is 3.07. The second-order valence-electron chi connectivity index (χ2n) is 7.69. The maximum Gasteiger partial charge on any atom is 0.159 e. The third kappa shape index (κ3) is 4.25. The largest absolute Gasteiger partial charge is 0.490 e. The Morgan fingerprint density at radius 2 is 1.75 bits per heavy atom. The Morgan fingerprint density at radius 1 is 1.00 bits per heavy atom. The monoisotopic (exact) mass is 376 g/mol. The van der Waals surface area contributed by atoms with Gasteiger partial charge in [-0.2, -0.15) is 5.10 Å². The molecule has 0 N–H and O–H groups in total. The topological polar surface area (TPSA) is 43.2 Å². The Balaban J connectivity index is 1.38. The lowest BCUT2D eigenvalue weighted by Crippen LogP contribution is -2.39. The van der Waals surface area contributed by atoms with E-state index in [0.717, 1.165) is 55.6 Å². The predicted molar refractivity (Wildman–Crippen MR) is 111 cm³/mol. The van der Waals surface area contributed by atoms with Gasteiger partial charge in [-0.1, -0.05) is 42.5 Å². The lowest BCUT2D eigenvalue weighted by Gasteiger charge is -2.32. The summed E-state index contributed by atoms with van der Waals surface area (Å²) in [6, 6.07) is 16.7. The van der Waals surface area contributed by atoms with Crippen LogP contribution < -0.4 is 4.74 Å². The molecule has 1 saturated heterocycles. The first kappa shape index (κ1) is 18.7. The van der Waals surface area contributed by atoms with Crippen LogP contribution in [-0.2, 0) is 6.67 Å². The zero-order chi connectivity index (χ0) is 19.5. The van der Waals surface area contributed by atoms with Crippen molar-refractivity contribution in [3.8, 4) is 17.1 Å². The molecule has 0 unspecified atom stereocenters. The molecule has 0 atom stereocenters. The van der Waals surface area contributed by atoms with E-state index in [1.165, 1.54) is 11.1 Å². The number of hydrogen-bond acceptors (Lipinski definition) is 4. The van der Waals surface area contributed by atoms with Gasteiger partial charge in [-0.05, 0) is 50.8 Å². The van der Waals surface area contributed by atoms with Gasteiger partial charge in [0.05, 0.1) is 6.67 Å². The van der Waals surface area contributed by atoms with E-state index in [2.05, 4.69) is 59.2 Å². The van der Waals surface area contributed by atoms with Gasteiger partial charge in [0.1, 0.15) is 17.7 Å². The Morgan fingerprint density at radius 3 is 2.50 bits per heavy atom. The summed E-state index contributed by atoms with van der Waals surface area (Å²) < 4.78 is 8.33. The highest BCUT2D eigenvalue weighted by molar-refractivity contribution is 5.54. The number of aromatic nitrogens is 3. The molecule has 0 amide bonds. The van der Waals surface area contributed by atoms with Gasteiger partial charge in [0.15, 0.2) is 5.82 Å². The van der Waals surface area contributed by atoms with Gasteiger partial charge in [-0.15, -0.1) is 0 Å². The van der Waals surface area contributed by atoms with Crippen molar-refractivity contribution in [2.75, 3.05) is 13.1 Å². The highest BCUT2D eigenvalue weighted by Crippen LogP contribution is 2.24. The van der Waals surface area contributed by atoms with E-state index >= 15 is 0 Å². The van der Waals surface area contributed by atoms with Crippen LogP contribution in [0.5, 0.6) is 5.75 Å². The fourth-order valence-corrected chi connectivity index (χ4v) is 3.73. The fraction of sp³-hybridized carbons (Fsp3) is 0.391. The van der Waals surface area contributed by atoms with Crippen molar-refractivity contribution in [3.05, 3.63) is 65.5 Å². The molecule has 5 heteroatoms. The third-order valence-corrected chi connectivity index (χ3v) is 5.32. The van der Waals surface area contributed by atoms with Gasteiger partial charge in [0.25, 0.3) is 0 Å². The van der Waals surface area contributed by atoms with E-state index in [0.29, 0.717) is 0 Å². The fourth-order valence-electron chi connectivity index (χ4n) is 3.73. The minimum absolute atomic E-state index is 0.280. The van der Waals surface area contributed by atoms with Crippen molar-refractivity contribution in [1.82, 2.24) is 19.7 Å². The van der Waals surface area contributed by atoms with E-state index in [4.69, 9.17) is 4.74 Å². The SMILES string of the molecule is Cc1ccc(C)c(OC2CCN(Cn3nc(C)nc3-c3ccccc3)CC2)c1. The lowest BCUT2D eigenvalue weighted by molar-refractivity contribution is 0.0805. The summed E-state index contributed by atoms with van der Waals surface area (Å²) in [6.45, 7) is 8.95. The summed E-state index contributed by atoms with van der Waals surface area (Å²) in [6.07, 6.45) is 2.34. The summed E-state index contributed by atoms with van der Waals surface area (Å²) >= 11 is 0. The van der Waals surface area contributed by atoms with E-state index in [1.54, 1.807) is 0 Å². The molecule has 1 aliphatic heterocycles. The smallest absolute Gasteiger partial charge is 0.159 e. The van der Waals surface area contributed by atoms with Crippen molar-refractivity contribution >= 4 is 0 Å². The van der Waals surface area contributed by atoms with Gasteiger partial charge < -0.3 is 4.74 Å². The normalized spacial score (nSPS) is 15.7. The molecule has 0 aliphatic carbocycles. The van der Waals surface area contributed by atoms with E-state index in [9.17, 15) is 0 Å². The molecular weight excluding hydrogens is 348 g/mol. The average molecular weight is 377 g/mol. The highest BCUT2D eigenvalue weighted by Gasteiger charge is 2.22. The number of ether oxygens (including phenoxy) is 1. The first-order valence-corrected chi connectivity index (χ1v) is 10.0. The Bertz CT molecular complexity index is 927. The summed E-state index contributed by atoms with van der Waals surface area (Å²) in [4.78, 5) is 7.07. The Kier molecular flexibility index (Phi) is 5.44. The molecule has 4 rings (SSSR count). The van der Waals surface area contributed by atoms with Crippen LogP contribution in [0.1, 0.15) is 29.8 Å². The summed E-state index contributed by atoms with van der Waals surface area (Å²) in [5, 5.41) is 4.62. The van der Waals surface area contributed by atoms with Gasteiger partial charge in [-0.25, -0.2) is 9.67 Å². The number of piperidine rings is 1. The van der Waals surface area contributed by atoms with Crippen LogP contribution in [0.2, 0.25) is 0 Å². The van der Waals surface area contributed by atoms with Crippen LogP contribution in [0.4, 0.5) is 0 Å². The van der Waals surface area contributed by atoms with E-state index < -0.39 is 0 Å². The second kappa shape index (κ2) is 8.15. The van der Waals surface area contributed by atoms with Gasteiger partial charge in [0.2, 0.25) is 0 Å².